The standard InChI is InChI=1S/C13H19BrO4/c1-15-6-7-16-8-9-17-10-11-18-13-5-3-2-4-12(13)14/h2-5H,6-11H2,1H3. The summed E-state index contributed by atoms with van der Waals surface area (Å²) in [6.07, 6.45) is 0. The van der Waals surface area contributed by atoms with E-state index in [0.717, 1.165) is 10.2 Å². The Morgan fingerprint density at radius 3 is 2.17 bits per heavy atom. The van der Waals surface area contributed by atoms with Gasteiger partial charge in [0.25, 0.3) is 0 Å². The molecule has 0 bridgehead atoms. The molecule has 5 heteroatoms. The normalized spacial score (nSPS) is 10.6. The van der Waals surface area contributed by atoms with Crippen LogP contribution in [0.4, 0.5) is 0 Å². The summed E-state index contributed by atoms with van der Waals surface area (Å²) in [7, 11) is 1.65. The number of hydrogen-bond acceptors (Lipinski definition) is 4. The van der Waals surface area contributed by atoms with Crippen molar-refractivity contribution in [2.24, 2.45) is 0 Å². The topological polar surface area (TPSA) is 36.9 Å². The number of rotatable bonds is 10. The van der Waals surface area contributed by atoms with Gasteiger partial charge in [0.15, 0.2) is 0 Å². The Balaban J connectivity index is 1.94. The van der Waals surface area contributed by atoms with E-state index in [0.29, 0.717) is 39.6 Å². The second kappa shape index (κ2) is 10.3. The van der Waals surface area contributed by atoms with Crippen LogP contribution >= 0.6 is 15.9 Å². The van der Waals surface area contributed by atoms with Gasteiger partial charge in [-0.3, -0.25) is 0 Å². The van der Waals surface area contributed by atoms with Crippen LogP contribution in [0.1, 0.15) is 0 Å². The maximum Gasteiger partial charge on any atom is 0.133 e. The summed E-state index contributed by atoms with van der Waals surface area (Å²) in [5.41, 5.74) is 0. The van der Waals surface area contributed by atoms with Crippen molar-refractivity contribution in [3.8, 4) is 5.75 Å². The third-order valence-corrected chi connectivity index (χ3v) is 2.78. The molecule has 0 spiro atoms. The SMILES string of the molecule is COCCOCCOCCOc1ccccc1Br. The Bertz CT molecular complexity index is 320. The van der Waals surface area contributed by atoms with Crippen LogP contribution in [0.25, 0.3) is 0 Å². The monoisotopic (exact) mass is 318 g/mol. The van der Waals surface area contributed by atoms with Gasteiger partial charge in [0.05, 0.1) is 37.5 Å². The first-order valence-corrected chi connectivity index (χ1v) is 6.65. The minimum absolute atomic E-state index is 0.528. The Morgan fingerprint density at radius 2 is 1.50 bits per heavy atom. The molecule has 0 aliphatic rings. The van der Waals surface area contributed by atoms with Crippen LogP contribution in [0.15, 0.2) is 28.7 Å². The fourth-order valence-corrected chi connectivity index (χ4v) is 1.64. The largest absolute Gasteiger partial charge is 0.490 e. The minimum Gasteiger partial charge on any atom is -0.490 e. The van der Waals surface area contributed by atoms with Gasteiger partial charge in [-0.05, 0) is 28.1 Å². The first-order chi connectivity index (χ1) is 8.84. The molecule has 0 amide bonds. The average Bonchev–Trinajstić information content (AvgIpc) is 2.39. The Hall–Kier alpha value is -0.620. The summed E-state index contributed by atoms with van der Waals surface area (Å²) in [6.45, 7) is 3.45. The molecule has 1 rings (SSSR count). The van der Waals surface area contributed by atoms with Gasteiger partial charge in [-0.15, -0.1) is 0 Å². The molecule has 1 aromatic rings. The number of methoxy groups -OCH3 is 1. The van der Waals surface area contributed by atoms with Gasteiger partial charge in [0.1, 0.15) is 12.4 Å². The van der Waals surface area contributed by atoms with Crippen molar-refractivity contribution in [2.45, 2.75) is 0 Å². The molecule has 0 atom stereocenters. The van der Waals surface area contributed by atoms with Crippen molar-refractivity contribution in [3.05, 3.63) is 28.7 Å². The second-order valence-corrected chi connectivity index (χ2v) is 4.35. The fraction of sp³-hybridized carbons (Fsp3) is 0.538. The van der Waals surface area contributed by atoms with Crippen LogP contribution < -0.4 is 4.74 Å². The van der Waals surface area contributed by atoms with E-state index in [1.165, 1.54) is 0 Å². The lowest BCUT2D eigenvalue weighted by Crippen LogP contribution is -2.12. The predicted molar refractivity (Wildman–Crippen MR) is 73.2 cm³/mol. The zero-order valence-corrected chi connectivity index (χ0v) is 12.1. The van der Waals surface area contributed by atoms with E-state index >= 15 is 0 Å². The molecule has 4 nitrogen and oxygen atoms in total. The lowest BCUT2D eigenvalue weighted by atomic mass is 10.3. The molecule has 0 aromatic heterocycles. The zero-order chi connectivity index (χ0) is 13.1. The van der Waals surface area contributed by atoms with Crippen LogP contribution in [0.5, 0.6) is 5.75 Å². The van der Waals surface area contributed by atoms with E-state index in [2.05, 4.69) is 15.9 Å². The molecule has 0 radical (unpaired) electrons. The smallest absolute Gasteiger partial charge is 0.133 e. The molecule has 0 aliphatic carbocycles. The summed E-state index contributed by atoms with van der Waals surface area (Å²) in [5.74, 6) is 0.831. The molecule has 18 heavy (non-hydrogen) atoms. The number of para-hydroxylation sites is 1. The number of hydrogen-bond donors (Lipinski definition) is 0. The summed E-state index contributed by atoms with van der Waals surface area (Å²) in [5, 5.41) is 0. The van der Waals surface area contributed by atoms with Gasteiger partial charge in [-0.1, -0.05) is 12.1 Å². The lowest BCUT2D eigenvalue weighted by molar-refractivity contribution is 0.0179. The van der Waals surface area contributed by atoms with Crippen LogP contribution in [0.3, 0.4) is 0 Å². The predicted octanol–water partition coefficient (Wildman–Crippen LogP) is 2.51. The molecule has 1 aromatic carbocycles. The van der Waals surface area contributed by atoms with Gasteiger partial charge in [-0.2, -0.15) is 0 Å². The van der Waals surface area contributed by atoms with Crippen molar-refractivity contribution in [1.82, 2.24) is 0 Å². The fourth-order valence-electron chi connectivity index (χ4n) is 1.24. The third-order valence-electron chi connectivity index (χ3n) is 2.13. The van der Waals surface area contributed by atoms with E-state index < -0.39 is 0 Å². The average molecular weight is 319 g/mol. The van der Waals surface area contributed by atoms with Crippen molar-refractivity contribution in [3.63, 3.8) is 0 Å². The van der Waals surface area contributed by atoms with Crippen LogP contribution in [0.2, 0.25) is 0 Å². The van der Waals surface area contributed by atoms with Crippen LogP contribution in [-0.2, 0) is 14.2 Å². The number of ether oxygens (including phenoxy) is 4. The van der Waals surface area contributed by atoms with E-state index in [-0.39, 0.29) is 0 Å². The van der Waals surface area contributed by atoms with E-state index in [4.69, 9.17) is 18.9 Å². The van der Waals surface area contributed by atoms with Crippen molar-refractivity contribution in [2.75, 3.05) is 46.8 Å². The molecule has 0 saturated carbocycles. The molecule has 0 aliphatic heterocycles. The van der Waals surface area contributed by atoms with Crippen molar-refractivity contribution in [1.29, 1.82) is 0 Å². The highest BCUT2D eigenvalue weighted by Gasteiger charge is 1.98. The Morgan fingerprint density at radius 1 is 0.889 bits per heavy atom. The molecule has 0 fully saturated rings. The highest BCUT2D eigenvalue weighted by atomic mass is 79.9. The van der Waals surface area contributed by atoms with E-state index in [9.17, 15) is 0 Å². The Kier molecular flexibility index (Phi) is 8.85. The molecular formula is C13H19BrO4. The highest BCUT2D eigenvalue weighted by Crippen LogP contribution is 2.23. The van der Waals surface area contributed by atoms with Gasteiger partial charge < -0.3 is 18.9 Å². The molecule has 102 valence electrons. The third kappa shape index (κ3) is 6.96. The summed E-state index contributed by atoms with van der Waals surface area (Å²) < 4.78 is 22.0. The van der Waals surface area contributed by atoms with Gasteiger partial charge in [0.2, 0.25) is 0 Å². The van der Waals surface area contributed by atoms with Gasteiger partial charge in [0, 0.05) is 7.11 Å². The highest BCUT2D eigenvalue weighted by molar-refractivity contribution is 9.10. The van der Waals surface area contributed by atoms with Gasteiger partial charge in [-0.25, -0.2) is 0 Å². The van der Waals surface area contributed by atoms with Crippen LogP contribution in [-0.4, -0.2) is 46.8 Å². The second-order valence-electron chi connectivity index (χ2n) is 3.50. The number of benzene rings is 1. The molecule has 0 N–H and O–H groups in total. The summed E-state index contributed by atoms with van der Waals surface area (Å²) in [6, 6.07) is 7.74. The maximum absolute atomic E-state index is 5.55. The lowest BCUT2D eigenvalue weighted by Gasteiger charge is -2.08. The first kappa shape index (κ1) is 15.4. The summed E-state index contributed by atoms with van der Waals surface area (Å²) in [4.78, 5) is 0. The first-order valence-electron chi connectivity index (χ1n) is 5.86. The van der Waals surface area contributed by atoms with Crippen molar-refractivity contribution >= 4 is 15.9 Å². The number of halogens is 1. The van der Waals surface area contributed by atoms with E-state index in [1.54, 1.807) is 7.11 Å². The zero-order valence-electron chi connectivity index (χ0n) is 10.6. The summed E-state index contributed by atoms with van der Waals surface area (Å²) >= 11 is 3.42. The Labute approximate surface area is 116 Å². The van der Waals surface area contributed by atoms with Crippen molar-refractivity contribution < 1.29 is 18.9 Å². The molecule has 0 saturated heterocycles. The van der Waals surface area contributed by atoms with E-state index in [1.807, 2.05) is 24.3 Å². The maximum atomic E-state index is 5.55. The molecule has 0 heterocycles. The minimum atomic E-state index is 0.528. The van der Waals surface area contributed by atoms with Crippen LogP contribution in [0, 0.1) is 0 Å². The molecule has 0 unspecified atom stereocenters. The quantitative estimate of drug-likeness (QED) is 0.621. The van der Waals surface area contributed by atoms with Gasteiger partial charge >= 0.3 is 0 Å². The molecular weight excluding hydrogens is 300 g/mol.